The number of hydrogen-bond donors (Lipinski definition) is 0. The molecule has 0 rings (SSSR count). The van der Waals surface area contributed by atoms with Crippen LogP contribution in [0.5, 0.6) is 0 Å². The molecule has 0 saturated carbocycles. The summed E-state index contributed by atoms with van der Waals surface area (Å²) in [6.45, 7) is 10.5. The van der Waals surface area contributed by atoms with Gasteiger partial charge in [0.25, 0.3) is 0 Å². The van der Waals surface area contributed by atoms with Crippen LogP contribution in [0.25, 0.3) is 0 Å². The highest BCUT2D eigenvalue weighted by atomic mass is 16.5. The highest BCUT2D eigenvalue weighted by Gasteiger charge is 2.04. The number of rotatable bonds is 16. The van der Waals surface area contributed by atoms with E-state index in [1.54, 1.807) is 6.92 Å². The van der Waals surface area contributed by atoms with Gasteiger partial charge in [-0.3, -0.25) is 0 Å². The molecule has 1 atom stereocenters. The molecule has 0 radical (unpaired) electrons. The van der Waals surface area contributed by atoms with Crippen LogP contribution in [0.15, 0.2) is 12.2 Å². The second kappa shape index (κ2) is 16.1. The predicted molar refractivity (Wildman–Crippen MR) is 101 cm³/mol. The number of carbonyl (C=O) groups is 1. The summed E-state index contributed by atoms with van der Waals surface area (Å²) >= 11 is 0. The molecule has 1 unspecified atom stereocenters. The van der Waals surface area contributed by atoms with Gasteiger partial charge in [-0.25, -0.2) is 4.79 Å². The largest absolute Gasteiger partial charge is 0.462 e. The normalized spacial score (nSPS) is 12.1. The van der Waals surface area contributed by atoms with Crippen LogP contribution in [-0.2, 0) is 9.53 Å². The maximum Gasteiger partial charge on any atom is 0.333 e. The van der Waals surface area contributed by atoms with E-state index in [9.17, 15) is 4.79 Å². The monoisotopic (exact) mass is 324 g/mol. The molecule has 0 N–H and O–H groups in total. The fraction of sp³-hybridized carbons (Fsp3) is 0.857. The molecule has 0 spiro atoms. The summed E-state index contributed by atoms with van der Waals surface area (Å²) in [5.74, 6) is 0.584. The number of unbranched alkanes of at least 4 members (excludes halogenated alkanes) is 9. The van der Waals surface area contributed by atoms with Gasteiger partial charge < -0.3 is 4.74 Å². The van der Waals surface area contributed by atoms with Crippen LogP contribution in [0.2, 0.25) is 0 Å². The van der Waals surface area contributed by atoms with Crippen LogP contribution in [-0.4, -0.2) is 12.6 Å². The lowest BCUT2D eigenvalue weighted by atomic mass is 9.96. The Morgan fingerprint density at radius 1 is 0.870 bits per heavy atom. The van der Waals surface area contributed by atoms with Gasteiger partial charge in [-0.15, -0.1) is 0 Å². The number of ether oxygens (including phenoxy) is 1. The van der Waals surface area contributed by atoms with Crippen molar-refractivity contribution < 1.29 is 9.53 Å². The van der Waals surface area contributed by atoms with E-state index in [4.69, 9.17) is 4.74 Å². The minimum absolute atomic E-state index is 0.256. The maximum atomic E-state index is 11.2. The summed E-state index contributed by atoms with van der Waals surface area (Å²) in [6.07, 6.45) is 17.3. The third-order valence-electron chi connectivity index (χ3n) is 4.47. The van der Waals surface area contributed by atoms with E-state index >= 15 is 0 Å². The smallest absolute Gasteiger partial charge is 0.333 e. The number of carbonyl (C=O) groups excluding carboxylic acids is 1. The van der Waals surface area contributed by atoms with Crippen molar-refractivity contribution in [2.24, 2.45) is 5.92 Å². The molecule has 2 heteroatoms. The van der Waals surface area contributed by atoms with Crippen LogP contribution in [0.1, 0.15) is 104 Å². The highest BCUT2D eigenvalue weighted by molar-refractivity contribution is 5.86. The van der Waals surface area contributed by atoms with Crippen molar-refractivity contribution in [3.8, 4) is 0 Å². The zero-order valence-corrected chi connectivity index (χ0v) is 16.0. The summed E-state index contributed by atoms with van der Waals surface area (Å²) < 4.78 is 5.10. The summed E-state index contributed by atoms with van der Waals surface area (Å²) in [4.78, 5) is 11.2. The summed E-state index contributed by atoms with van der Waals surface area (Å²) in [7, 11) is 0. The Kier molecular flexibility index (Phi) is 15.5. The fourth-order valence-corrected chi connectivity index (χ4v) is 2.83. The Morgan fingerprint density at radius 2 is 1.35 bits per heavy atom. The molecule has 0 fully saturated rings. The van der Waals surface area contributed by atoms with Crippen molar-refractivity contribution in [1.82, 2.24) is 0 Å². The highest BCUT2D eigenvalue weighted by Crippen LogP contribution is 2.18. The van der Waals surface area contributed by atoms with Crippen molar-refractivity contribution in [3.05, 3.63) is 12.2 Å². The summed E-state index contributed by atoms with van der Waals surface area (Å²) in [5.41, 5.74) is 0.490. The third kappa shape index (κ3) is 15.9. The van der Waals surface area contributed by atoms with Crippen molar-refractivity contribution >= 4 is 5.97 Å². The van der Waals surface area contributed by atoms with Crippen molar-refractivity contribution in [2.45, 2.75) is 104 Å². The number of esters is 1. The molecule has 0 aromatic carbocycles. The Bertz CT molecular complexity index is 296. The van der Waals surface area contributed by atoms with E-state index in [0.29, 0.717) is 12.2 Å². The van der Waals surface area contributed by atoms with Gasteiger partial charge >= 0.3 is 5.97 Å². The number of hydrogen-bond acceptors (Lipinski definition) is 2. The average molecular weight is 325 g/mol. The molecule has 0 aliphatic heterocycles. The molecule has 23 heavy (non-hydrogen) atoms. The van der Waals surface area contributed by atoms with Crippen LogP contribution in [0.4, 0.5) is 0 Å². The van der Waals surface area contributed by atoms with Gasteiger partial charge in [0, 0.05) is 5.57 Å². The molecule has 136 valence electrons. The molecule has 0 aromatic heterocycles. The third-order valence-corrected chi connectivity index (χ3v) is 4.47. The van der Waals surface area contributed by atoms with Crippen molar-refractivity contribution in [1.29, 1.82) is 0 Å². The minimum atomic E-state index is -0.256. The zero-order valence-electron chi connectivity index (χ0n) is 16.0. The van der Waals surface area contributed by atoms with E-state index in [-0.39, 0.29) is 5.97 Å². The molecule has 0 aromatic rings. The van der Waals surface area contributed by atoms with Crippen molar-refractivity contribution in [3.63, 3.8) is 0 Å². The first kappa shape index (κ1) is 22.2. The van der Waals surface area contributed by atoms with E-state index in [0.717, 1.165) is 18.8 Å². The maximum absolute atomic E-state index is 11.2. The van der Waals surface area contributed by atoms with E-state index in [1.165, 1.54) is 70.6 Å². The fourth-order valence-electron chi connectivity index (χ4n) is 2.83. The van der Waals surface area contributed by atoms with Gasteiger partial charge in [-0.2, -0.15) is 0 Å². The minimum Gasteiger partial charge on any atom is -0.462 e. The molecule has 0 aliphatic rings. The van der Waals surface area contributed by atoms with Crippen LogP contribution in [0.3, 0.4) is 0 Å². The lowest BCUT2D eigenvalue weighted by Gasteiger charge is -2.11. The van der Waals surface area contributed by atoms with Gasteiger partial charge in [-0.05, 0) is 19.3 Å². The van der Waals surface area contributed by atoms with Gasteiger partial charge in [0.15, 0.2) is 0 Å². The van der Waals surface area contributed by atoms with Crippen LogP contribution < -0.4 is 0 Å². The Hall–Kier alpha value is -0.790. The van der Waals surface area contributed by atoms with Gasteiger partial charge in [0.05, 0.1) is 6.61 Å². The van der Waals surface area contributed by atoms with Gasteiger partial charge in [0.1, 0.15) is 0 Å². The molecular weight excluding hydrogens is 284 g/mol. The first-order valence-electron chi connectivity index (χ1n) is 9.90. The molecule has 0 aliphatic carbocycles. The molecule has 0 amide bonds. The second-order valence-electron chi connectivity index (χ2n) is 7.13. The van der Waals surface area contributed by atoms with E-state index < -0.39 is 0 Å². The van der Waals surface area contributed by atoms with Gasteiger partial charge in [-0.1, -0.05) is 97.5 Å². The lowest BCUT2D eigenvalue weighted by Crippen LogP contribution is -2.06. The first-order chi connectivity index (χ1) is 11.1. The molecule has 2 nitrogen and oxygen atoms in total. The van der Waals surface area contributed by atoms with Crippen LogP contribution in [0, 0.1) is 5.92 Å². The van der Waals surface area contributed by atoms with E-state index in [2.05, 4.69) is 20.4 Å². The zero-order chi connectivity index (χ0) is 17.3. The predicted octanol–water partition coefficient (Wildman–Crippen LogP) is 6.83. The summed E-state index contributed by atoms with van der Waals surface area (Å²) in [5, 5.41) is 0. The molecule has 0 heterocycles. The Labute approximate surface area is 145 Å². The van der Waals surface area contributed by atoms with E-state index in [1.807, 2.05) is 0 Å². The Balaban J connectivity index is 3.26. The quantitative estimate of drug-likeness (QED) is 0.177. The molecule has 0 saturated heterocycles. The lowest BCUT2D eigenvalue weighted by molar-refractivity contribution is -0.139. The SMILES string of the molecule is C=C(C)C(=O)OCCCCCC(C)CCCCCCCCCC. The Morgan fingerprint density at radius 3 is 1.87 bits per heavy atom. The van der Waals surface area contributed by atoms with Crippen molar-refractivity contribution in [2.75, 3.05) is 6.61 Å². The van der Waals surface area contributed by atoms with Crippen LogP contribution >= 0.6 is 0 Å². The topological polar surface area (TPSA) is 26.3 Å². The second-order valence-corrected chi connectivity index (χ2v) is 7.13. The average Bonchev–Trinajstić information content (AvgIpc) is 2.52. The van der Waals surface area contributed by atoms with Gasteiger partial charge in [0.2, 0.25) is 0 Å². The standard InChI is InChI=1S/C21H40O2/c1-5-6-7-8-9-10-11-13-16-20(4)17-14-12-15-18-23-21(22)19(2)3/h20H,2,5-18H2,1,3-4H3. The summed E-state index contributed by atoms with van der Waals surface area (Å²) in [6, 6.07) is 0. The molecular formula is C21H40O2. The first-order valence-corrected chi connectivity index (χ1v) is 9.90. The molecule has 0 bridgehead atoms.